The third-order valence-electron chi connectivity index (χ3n) is 3.27. The van der Waals surface area contributed by atoms with Crippen LogP contribution in [0.5, 0.6) is 5.75 Å². The second-order valence-corrected chi connectivity index (χ2v) is 4.65. The molecule has 0 saturated heterocycles. The van der Waals surface area contributed by atoms with Crippen molar-refractivity contribution in [3.63, 3.8) is 0 Å². The maximum Gasteiger partial charge on any atom is 0.124 e. The standard InChI is InChI=1S/C13H22N2O/c1-8-6-11(13(4,15)7-14)9(2)10(3)12(8)16-5/h6H,7,14-15H2,1-5H3. The minimum atomic E-state index is -0.480. The number of aryl methyl sites for hydroxylation is 1. The minimum absolute atomic E-state index is 0.430. The lowest BCUT2D eigenvalue weighted by molar-refractivity contribution is 0.406. The topological polar surface area (TPSA) is 61.3 Å². The van der Waals surface area contributed by atoms with Crippen molar-refractivity contribution < 1.29 is 4.74 Å². The van der Waals surface area contributed by atoms with Crippen LogP contribution in [0.2, 0.25) is 0 Å². The number of ether oxygens (including phenoxy) is 1. The Bertz CT molecular complexity index is 397. The molecule has 0 spiro atoms. The number of benzene rings is 1. The average Bonchev–Trinajstić information content (AvgIpc) is 2.24. The van der Waals surface area contributed by atoms with Crippen molar-refractivity contribution in [1.82, 2.24) is 0 Å². The Hall–Kier alpha value is -1.06. The van der Waals surface area contributed by atoms with Crippen LogP contribution in [-0.2, 0) is 5.54 Å². The van der Waals surface area contributed by atoms with E-state index >= 15 is 0 Å². The molecule has 3 nitrogen and oxygen atoms in total. The molecule has 0 radical (unpaired) electrons. The summed E-state index contributed by atoms with van der Waals surface area (Å²) in [5.41, 5.74) is 16.0. The maximum atomic E-state index is 6.20. The van der Waals surface area contributed by atoms with Crippen LogP contribution >= 0.6 is 0 Å². The van der Waals surface area contributed by atoms with Gasteiger partial charge in [0, 0.05) is 6.54 Å². The van der Waals surface area contributed by atoms with Crippen LogP contribution in [0, 0.1) is 20.8 Å². The summed E-state index contributed by atoms with van der Waals surface area (Å²) >= 11 is 0. The predicted octanol–water partition coefficient (Wildman–Crippen LogP) is 1.75. The molecule has 0 fully saturated rings. The van der Waals surface area contributed by atoms with Crippen molar-refractivity contribution in [2.45, 2.75) is 33.2 Å². The van der Waals surface area contributed by atoms with Gasteiger partial charge in [0.15, 0.2) is 0 Å². The molecule has 1 aromatic carbocycles. The Kier molecular flexibility index (Phi) is 3.61. The zero-order valence-electron chi connectivity index (χ0n) is 10.8. The minimum Gasteiger partial charge on any atom is -0.496 e. The molecule has 0 aliphatic carbocycles. The molecule has 3 heteroatoms. The molecule has 16 heavy (non-hydrogen) atoms. The van der Waals surface area contributed by atoms with Gasteiger partial charge in [0.2, 0.25) is 0 Å². The number of methoxy groups -OCH3 is 1. The zero-order chi connectivity index (χ0) is 12.5. The largest absolute Gasteiger partial charge is 0.496 e. The molecule has 0 heterocycles. The first-order valence-electron chi connectivity index (χ1n) is 5.49. The highest BCUT2D eigenvalue weighted by molar-refractivity contribution is 5.51. The molecule has 0 aliphatic rings. The van der Waals surface area contributed by atoms with Crippen molar-refractivity contribution in [3.05, 3.63) is 28.3 Å². The van der Waals surface area contributed by atoms with Crippen molar-refractivity contribution in [2.75, 3.05) is 13.7 Å². The molecule has 0 aliphatic heterocycles. The molecule has 1 atom stereocenters. The van der Waals surface area contributed by atoms with E-state index in [1.807, 2.05) is 13.8 Å². The Labute approximate surface area is 97.8 Å². The van der Waals surface area contributed by atoms with E-state index in [1.54, 1.807) is 7.11 Å². The Balaban J connectivity index is 3.45. The lowest BCUT2D eigenvalue weighted by Crippen LogP contribution is -2.41. The number of hydrogen-bond acceptors (Lipinski definition) is 3. The summed E-state index contributed by atoms with van der Waals surface area (Å²) in [6, 6.07) is 2.08. The summed E-state index contributed by atoms with van der Waals surface area (Å²) in [6.45, 7) is 8.53. The smallest absolute Gasteiger partial charge is 0.124 e. The zero-order valence-corrected chi connectivity index (χ0v) is 10.8. The van der Waals surface area contributed by atoms with E-state index in [0.29, 0.717) is 6.54 Å². The molecule has 0 saturated carbocycles. The molecule has 1 unspecified atom stereocenters. The fourth-order valence-corrected chi connectivity index (χ4v) is 2.08. The van der Waals surface area contributed by atoms with Gasteiger partial charge in [-0.15, -0.1) is 0 Å². The lowest BCUT2D eigenvalue weighted by Gasteiger charge is -2.27. The van der Waals surface area contributed by atoms with Crippen LogP contribution in [0.25, 0.3) is 0 Å². The quantitative estimate of drug-likeness (QED) is 0.819. The number of hydrogen-bond donors (Lipinski definition) is 2. The Morgan fingerprint density at radius 2 is 1.81 bits per heavy atom. The second kappa shape index (κ2) is 4.44. The molecular formula is C13H22N2O. The third-order valence-corrected chi connectivity index (χ3v) is 3.27. The van der Waals surface area contributed by atoms with Crippen molar-refractivity contribution in [2.24, 2.45) is 11.5 Å². The summed E-state index contributed by atoms with van der Waals surface area (Å²) < 4.78 is 5.39. The normalized spacial score (nSPS) is 14.7. The Morgan fingerprint density at radius 1 is 1.25 bits per heavy atom. The van der Waals surface area contributed by atoms with Crippen molar-refractivity contribution >= 4 is 0 Å². The van der Waals surface area contributed by atoms with Gasteiger partial charge in [-0.1, -0.05) is 6.07 Å². The van der Waals surface area contributed by atoms with Gasteiger partial charge in [-0.3, -0.25) is 0 Å². The molecular weight excluding hydrogens is 200 g/mol. The summed E-state index contributed by atoms with van der Waals surface area (Å²) in [5.74, 6) is 0.939. The van der Waals surface area contributed by atoms with E-state index in [-0.39, 0.29) is 0 Å². The van der Waals surface area contributed by atoms with Gasteiger partial charge in [0.1, 0.15) is 5.75 Å². The summed E-state index contributed by atoms with van der Waals surface area (Å²) in [4.78, 5) is 0. The lowest BCUT2D eigenvalue weighted by atomic mass is 9.86. The van der Waals surface area contributed by atoms with Crippen LogP contribution < -0.4 is 16.2 Å². The molecule has 0 amide bonds. The van der Waals surface area contributed by atoms with Gasteiger partial charge in [-0.2, -0.15) is 0 Å². The molecule has 1 aromatic rings. The van der Waals surface area contributed by atoms with Crippen LogP contribution in [0.15, 0.2) is 6.07 Å². The summed E-state index contributed by atoms with van der Waals surface area (Å²) in [6.07, 6.45) is 0. The van der Waals surface area contributed by atoms with Crippen molar-refractivity contribution in [1.29, 1.82) is 0 Å². The molecule has 0 bridgehead atoms. The third kappa shape index (κ3) is 2.06. The van der Waals surface area contributed by atoms with Gasteiger partial charge >= 0.3 is 0 Å². The van der Waals surface area contributed by atoms with Crippen LogP contribution in [-0.4, -0.2) is 13.7 Å². The highest BCUT2D eigenvalue weighted by atomic mass is 16.5. The SMILES string of the molecule is COc1c(C)cc(C(C)(N)CN)c(C)c1C. The maximum absolute atomic E-state index is 6.20. The van der Waals surface area contributed by atoms with Gasteiger partial charge < -0.3 is 16.2 Å². The van der Waals surface area contributed by atoms with Crippen LogP contribution in [0.3, 0.4) is 0 Å². The average molecular weight is 222 g/mol. The monoisotopic (exact) mass is 222 g/mol. The fourth-order valence-electron chi connectivity index (χ4n) is 2.08. The highest BCUT2D eigenvalue weighted by Crippen LogP contribution is 2.32. The summed E-state index contributed by atoms with van der Waals surface area (Å²) in [7, 11) is 1.69. The van der Waals surface area contributed by atoms with E-state index in [2.05, 4.69) is 19.9 Å². The molecule has 0 aromatic heterocycles. The molecule has 1 rings (SSSR count). The van der Waals surface area contributed by atoms with Gasteiger partial charge in [0.25, 0.3) is 0 Å². The highest BCUT2D eigenvalue weighted by Gasteiger charge is 2.24. The van der Waals surface area contributed by atoms with E-state index in [4.69, 9.17) is 16.2 Å². The second-order valence-electron chi connectivity index (χ2n) is 4.65. The molecule has 4 N–H and O–H groups in total. The fraction of sp³-hybridized carbons (Fsp3) is 0.538. The van der Waals surface area contributed by atoms with Gasteiger partial charge in [-0.25, -0.2) is 0 Å². The van der Waals surface area contributed by atoms with E-state index < -0.39 is 5.54 Å². The number of nitrogens with two attached hydrogens (primary N) is 2. The van der Waals surface area contributed by atoms with Gasteiger partial charge in [-0.05, 0) is 49.9 Å². The molecule has 90 valence electrons. The first kappa shape index (κ1) is 13.0. The van der Waals surface area contributed by atoms with Crippen molar-refractivity contribution in [3.8, 4) is 5.75 Å². The van der Waals surface area contributed by atoms with Crippen LogP contribution in [0.4, 0.5) is 0 Å². The first-order valence-corrected chi connectivity index (χ1v) is 5.49. The predicted molar refractivity (Wildman–Crippen MR) is 67.8 cm³/mol. The first-order chi connectivity index (χ1) is 7.35. The van der Waals surface area contributed by atoms with Gasteiger partial charge in [0.05, 0.1) is 12.6 Å². The van der Waals surface area contributed by atoms with Crippen LogP contribution in [0.1, 0.15) is 29.2 Å². The Morgan fingerprint density at radius 3 is 2.25 bits per heavy atom. The van der Waals surface area contributed by atoms with E-state index in [9.17, 15) is 0 Å². The van der Waals surface area contributed by atoms with E-state index in [0.717, 1.165) is 28.0 Å². The van der Waals surface area contributed by atoms with E-state index in [1.165, 1.54) is 0 Å². The number of rotatable bonds is 3. The summed E-state index contributed by atoms with van der Waals surface area (Å²) in [5, 5.41) is 0.